The van der Waals surface area contributed by atoms with E-state index in [0.717, 1.165) is 23.6 Å². The standard InChI is InChI=1S/C23H38N8O/c1-16(27-15-26-6)23(3,4)11-10-18(13-25-5)29-22(32)20-8-7-9-21(30-20)31-14-19(12-24)28-17(31)2/h7-9,13,19,25-28H,1-2,10-12,14-15,24H2,3-6H3,(H,29,32)/b18-13+. The Morgan fingerprint density at radius 1 is 1.41 bits per heavy atom. The van der Waals surface area contributed by atoms with Crippen LogP contribution in [0.4, 0.5) is 5.82 Å². The van der Waals surface area contributed by atoms with Crippen molar-refractivity contribution in [3.05, 3.63) is 60.5 Å². The second kappa shape index (κ2) is 11.5. The maximum atomic E-state index is 12.9. The number of hydrogen-bond donors (Lipinski definition) is 6. The monoisotopic (exact) mass is 442 g/mol. The van der Waals surface area contributed by atoms with Crippen molar-refractivity contribution in [1.82, 2.24) is 31.6 Å². The Morgan fingerprint density at radius 3 is 2.78 bits per heavy atom. The molecule has 7 N–H and O–H groups in total. The Kier molecular flexibility index (Phi) is 9.10. The molecular formula is C23H38N8O. The van der Waals surface area contributed by atoms with Crippen molar-refractivity contribution in [2.24, 2.45) is 11.1 Å². The summed E-state index contributed by atoms with van der Waals surface area (Å²) in [7, 11) is 3.69. The van der Waals surface area contributed by atoms with Crippen molar-refractivity contribution in [2.75, 3.05) is 38.8 Å². The molecule has 32 heavy (non-hydrogen) atoms. The maximum Gasteiger partial charge on any atom is 0.274 e. The van der Waals surface area contributed by atoms with Crippen molar-refractivity contribution in [3.8, 4) is 0 Å². The molecule has 1 atom stereocenters. The molecule has 1 unspecified atom stereocenters. The largest absolute Gasteiger partial charge is 0.393 e. The third-order valence-corrected chi connectivity index (χ3v) is 5.54. The van der Waals surface area contributed by atoms with E-state index in [-0.39, 0.29) is 17.4 Å². The van der Waals surface area contributed by atoms with Gasteiger partial charge in [-0.25, -0.2) is 4.98 Å². The van der Waals surface area contributed by atoms with Crippen LogP contribution >= 0.6 is 0 Å². The SMILES string of the molecule is C=C1NC(CN)CN1c1cccc(C(=O)N/C(=C/NC)CCC(C)(C)C(=C)NCNC)n1. The lowest BCUT2D eigenvalue weighted by molar-refractivity contribution is 0.0958. The van der Waals surface area contributed by atoms with Crippen molar-refractivity contribution in [3.63, 3.8) is 0 Å². The zero-order chi connectivity index (χ0) is 23.7. The molecule has 0 saturated carbocycles. The smallest absolute Gasteiger partial charge is 0.274 e. The van der Waals surface area contributed by atoms with E-state index in [0.29, 0.717) is 37.7 Å². The molecule has 1 aliphatic rings. The highest BCUT2D eigenvalue weighted by molar-refractivity contribution is 5.93. The van der Waals surface area contributed by atoms with Crippen molar-refractivity contribution < 1.29 is 4.79 Å². The van der Waals surface area contributed by atoms with Crippen LogP contribution in [0.25, 0.3) is 0 Å². The molecule has 1 amide bonds. The molecule has 1 aromatic heterocycles. The number of anilines is 1. The minimum Gasteiger partial charge on any atom is -0.393 e. The molecule has 0 aliphatic carbocycles. The molecule has 0 bridgehead atoms. The van der Waals surface area contributed by atoms with Gasteiger partial charge in [0, 0.05) is 43.1 Å². The van der Waals surface area contributed by atoms with Crippen LogP contribution in [0.15, 0.2) is 54.8 Å². The van der Waals surface area contributed by atoms with E-state index in [1.165, 1.54) is 0 Å². The Hall–Kier alpha value is -3.04. The van der Waals surface area contributed by atoms with E-state index in [9.17, 15) is 4.79 Å². The van der Waals surface area contributed by atoms with Gasteiger partial charge in [-0.1, -0.05) is 33.1 Å². The van der Waals surface area contributed by atoms with Gasteiger partial charge < -0.3 is 37.2 Å². The van der Waals surface area contributed by atoms with E-state index in [1.54, 1.807) is 12.3 Å². The number of nitrogens with zero attached hydrogens (tertiary/aromatic N) is 2. The molecule has 9 heteroatoms. The van der Waals surface area contributed by atoms with E-state index >= 15 is 0 Å². The molecule has 2 rings (SSSR count). The second-order valence-corrected chi connectivity index (χ2v) is 8.50. The highest BCUT2D eigenvalue weighted by Crippen LogP contribution is 2.30. The van der Waals surface area contributed by atoms with Crippen molar-refractivity contribution in [2.45, 2.75) is 32.7 Å². The number of nitrogens with one attached hydrogen (secondary N) is 5. The number of carbonyl (C=O) groups excluding carboxylic acids is 1. The molecule has 9 nitrogen and oxygen atoms in total. The molecule has 1 saturated heterocycles. The van der Waals surface area contributed by atoms with Crippen LogP contribution < -0.4 is 37.2 Å². The summed E-state index contributed by atoms with van der Waals surface area (Å²) >= 11 is 0. The molecule has 0 spiro atoms. The van der Waals surface area contributed by atoms with Gasteiger partial charge in [-0.15, -0.1) is 0 Å². The first-order valence-corrected chi connectivity index (χ1v) is 10.9. The number of aromatic nitrogens is 1. The quantitative estimate of drug-likeness (QED) is 0.267. The Labute approximate surface area is 191 Å². The van der Waals surface area contributed by atoms with Crippen LogP contribution in [0.1, 0.15) is 37.2 Å². The Bertz CT molecular complexity index is 848. The topological polar surface area (TPSA) is 119 Å². The molecule has 0 radical (unpaired) electrons. The van der Waals surface area contributed by atoms with E-state index in [1.807, 2.05) is 31.1 Å². The summed E-state index contributed by atoms with van der Waals surface area (Å²) < 4.78 is 0. The van der Waals surface area contributed by atoms with Crippen LogP contribution in [0.5, 0.6) is 0 Å². The van der Waals surface area contributed by atoms with Crippen LogP contribution in [-0.2, 0) is 0 Å². The third-order valence-electron chi connectivity index (χ3n) is 5.54. The predicted octanol–water partition coefficient (Wildman–Crippen LogP) is 1.17. The van der Waals surface area contributed by atoms with Crippen molar-refractivity contribution >= 4 is 11.7 Å². The minimum absolute atomic E-state index is 0.118. The predicted molar refractivity (Wildman–Crippen MR) is 131 cm³/mol. The van der Waals surface area contributed by atoms with Crippen LogP contribution in [0.3, 0.4) is 0 Å². The number of hydrogen-bond acceptors (Lipinski definition) is 8. The number of rotatable bonds is 12. The van der Waals surface area contributed by atoms with Gasteiger partial charge in [-0.3, -0.25) is 4.79 Å². The van der Waals surface area contributed by atoms with Gasteiger partial charge in [-0.05, 0) is 32.0 Å². The number of nitrogens with two attached hydrogens (primary N) is 1. The van der Waals surface area contributed by atoms with Gasteiger partial charge in [0.2, 0.25) is 0 Å². The summed E-state index contributed by atoms with van der Waals surface area (Å²) in [4.78, 5) is 19.4. The summed E-state index contributed by atoms with van der Waals surface area (Å²) in [6.07, 6.45) is 3.29. The van der Waals surface area contributed by atoms with Gasteiger partial charge in [0.15, 0.2) is 0 Å². The fraction of sp³-hybridized carbons (Fsp3) is 0.478. The minimum atomic E-state index is -0.258. The molecule has 0 aromatic carbocycles. The molecule has 1 fully saturated rings. The third kappa shape index (κ3) is 6.73. The molecule has 2 heterocycles. The zero-order valence-electron chi connectivity index (χ0n) is 19.7. The van der Waals surface area contributed by atoms with Gasteiger partial charge >= 0.3 is 0 Å². The number of allylic oxidation sites excluding steroid dienone is 2. The highest BCUT2D eigenvalue weighted by Gasteiger charge is 2.26. The summed E-state index contributed by atoms with van der Waals surface area (Å²) in [5.41, 5.74) is 7.69. The lowest BCUT2D eigenvalue weighted by Gasteiger charge is -2.28. The van der Waals surface area contributed by atoms with Crippen molar-refractivity contribution in [1.29, 1.82) is 0 Å². The molecule has 176 valence electrons. The fourth-order valence-corrected chi connectivity index (χ4v) is 3.34. The first kappa shape index (κ1) is 25.2. The number of carbonyl (C=O) groups is 1. The average molecular weight is 443 g/mol. The number of amides is 1. The van der Waals surface area contributed by atoms with Gasteiger partial charge in [-0.2, -0.15) is 0 Å². The summed E-state index contributed by atoms with van der Waals surface area (Å²) in [6, 6.07) is 5.50. The summed E-state index contributed by atoms with van der Waals surface area (Å²) in [5, 5.41) is 15.6. The summed E-state index contributed by atoms with van der Waals surface area (Å²) in [6.45, 7) is 14.3. The number of pyridine rings is 1. The highest BCUT2D eigenvalue weighted by atomic mass is 16.1. The molecule has 1 aromatic rings. The fourth-order valence-electron chi connectivity index (χ4n) is 3.34. The van der Waals surface area contributed by atoms with E-state index in [2.05, 4.69) is 58.6 Å². The van der Waals surface area contributed by atoms with Gasteiger partial charge in [0.25, 0.3) is 5.91 Å². The van der Waals surface area contributed by atoms with E-state index < -0.39 is 0 Å². The first-order valence-electron chi connectivity index (χ1n) is 10.9. The second-order valence-electron chi connectivity index (χ2n) is 8.50. The van der Waals surface area contributed by atoms with Crippen LogP contribution in [0, 0.1) is 5.41 Å². The molecular weight excluding hydrogens is 404 g/mol. The van der Waals surface area contributed by atoms with Gasteiger partial charge in [0.05, 0.1) is 18.5 Å². The maximum absolute atomic E-state index is 12.9. The van der Waals surface area contributed by atoms with Crippen LogP contribution in [-0.4, -0.2) is 50.8 Å². The average Bonchev–Trinajstić information content (AvgIpc) is 3.16. The normalized spacial score (nSPS) is 16.5. The molecule has 1 aliphatic heterocycles. The lowest BCUT2D eigenvalue weighted by atomic mass is 9.84. The Balaban J connectivity index is 2.05. The zero-order valence-corrected chi connectivity index (χ0v) is 19.7. The Morgan fingerprint density at radius 2 is 2.16 bits per heavy atom. The first-order chi connectivity index (χ1) is 15.2. The van der Waals surface area contributed by atoms with E-state index in [4.69, 9.17) is 5.73 Å². The van der Waals surface area contributed by atoms with Crippen LogP contribution in [0.2, 0.25) is 0 Å². The lowest BCUT2D eigenvalue weighted by Crippen LogP contribution is -2.33. The summed E-state index contributed by atoms with van der Waals surface area (Å²) in [5.74, 6) is 1.14. The van der Waals surface area contributed by atoms with Gasteiger partial charge in [0.1, 0.15) is 11.5 Å².